The van der Waals surface area contributed by atoms with E-state index in [2.05, 4.69) is 34.4 Å². The summed E-state index contributed by atoms with van der Waals surface area (Å²) in [5.74, 6) is 1.03. The molecule has 112 valence electrons. The Hall–Kier alpha value is -1.65. The molecular formula is C17H23N3O. The monoisotopic (exact) mass is 285 g/mol. The average molecular weight is 285 g/mol. The van der Waals surface area contributed by atoms with Gasteiger partial charge in [0.25, 0.3) is 0 Å². The van der Waals surface area contributed by atoms with E-state index in [-0.39, 0.29) is 0 Å². The van der Waals surface area contributed by atoms with E-state index < -0.39 is 0 Å². The van der Waals surface area contributed by atoms with E-state index in [0.717, 1.165) is 43.6 Å². The van der Waals surface area contributed by atoms with Crippen molar-refractivity contribution < 1.29 is 4.42 Å². The molecule has 0 bridgehead atoms. The fourth-order valence-corrected chi connectivity index (χ4v) is 2.35. The van der Waals surface area contributed by atoms with Crippen LogP contribution < -0.4 is 5.32 Å². The normalized spacial score (nSPS) is 14.8. The van der Waals surface area contributed by atoms with Crippen molar-refractivity contribution in [1.29, 1.82) is 0 Å². The van der Waals surface area contributed by atoms with Crippen LogP contribution in [0.15, 0.2) is 41.1 Å². The van der Waals surface area contributed by atoms with E-state index in [1.54, 1.807) is 0 Å². The Labute approximate surface area is 126 Å². The van der Waals surface area contributed by atoms with E-state index in [1.807, 2.05) is 24.6 Å². The van der Waals surface area contributed by atoms with Gasteiger partial charge in [-0.2, -0.15) is 0 Å². The average Bonchev–Trinajstić information content (AvgIpc) is 3.24. The van der Waals surface area contributed by atoms with Crippen molar-refractivity contribution in [3.8, 4) is 0 Å². The molecular weight excluding hydrogens is 262 g/mol. The zero-order chi connectivity index (χ0) is 14.5. The maximum Gasteiger partial charge on any atom is 0.118 e. The van der Waals surface area contributed by atoms with Gasteiger partial charge in [-0.25, -0.2) is 0 Å². The first kappa shape index (κ1) is 14.3. The van der Waals surface area contributed by atoms with Crippen LogP contribution in [0.25, 0.3) is 0 Å². The molecule has 0 amide bonds. The van der Waals surface area contributed by atoms with Gasteiger partial charge in [-0.3, -0.25) is 9.88 Å². The van der Waals surface area contributed by atoms with Crippen molar-refractivity contribution in [1.82, 2.24) is 15.2 Å². The quantitative estimate of drug-likeness (QED) is 0.809. The molecule has 4 heteroatoms. The highest BCUT2D eigenvalue weighted by Crippen LogP contribution is 2.19. The Bertz CT molecular complexity index is 548. The fraction of sp³-hybridized carbons (Fsp3) is 0.471. The Morgan fingerprint density at radius 2 is 2.29 bits per heavy atom. The maximum atomic E-state index is 5.64. The third kappa shape index (κ3) is 4.69. The second-order valence-electron chi connectivity index (χ2n) is 5.89. The summed E-state index contributed by atoms with van der Waals surface area (Å²) in [6.07, 6.45) is 7.33. The lowest BCUT2D eigenvalue weighted by Gasteiger charge is -2.14. The van der Waals surface area contributed by atoms with E-state index in [1.165, 1.54) is 18.4 Å². The van der Waals surface area contributed by atoms with Gasteiger partial charge in [-0.1, -0.05) is 6.07 Å². The third-order valence-corrected chi connectivity index (χ3v) is 3.78. The lowest BCUT2D eigenvalue weighted by atomic mass is 10.2. The van der Waals surface area contributed by atoms with Crippen LogP contribution in [-0.2, 0) is 19.5 Å². The lowest BCUT2D eigenvalue weighted by molar-refractivity contribution is 0.297. The first-order chi connectivity index (χ1) is 10.3. The van der Waals surface area contributed by atoms with Gasteiger partial charge in [0.2, 0.25) is 0 Å². The molecule has 1 N–H and O–H groups in total. The van der Waals surface area contributed by atoms with Crippen molar-refractivity contribution >= 4 is 0 Å². The zero-order valence-corrected chi connectivity index (χ0v) is 12.6. The van der Waals surface area contributed by atoms with Crippen molar-refractivity contribution in [3.05, 3.63) is 53.7 Å². The molecule has 0 aromatic carbocycles. The van der Waals surface area contributed by atoms with E-state index >= 15 is 0 Å². The Kier molecular flexibility index (Phi) is 4.68. The highest BCUT2D eigenvalue weighted by atomic mass is 16.3. The van der Waals surface area contributed by atoms with Crippen molar-refractivity contribution in [3.63, 3.8) is 0 Å². The standard InChI is InChI=1S/C17H23N3O/c1-20(9-7-15-4-2-3-8-18-15)12-17-10-14(13-21-17)11-19-16-5-6-16/h2-4,8,10,13,16,19H,5-7,9,11-12H2,1H3. The molecule has 1 aliphatic carbocycles. The van der Waals surface area contributed by atoms with Crippen LogP contribution in [0.3, 0.4) is 0 Å². The number of hydrogen-bond acceptors (Lipinski definition) is 4. The lowest BCUT2D eigenvalue weighted by Crippen LogP contribution is -2.20. The molecule has 1 fully saturated rings. The summed E-state index contributed by atoms with van der Waals surface area (Å²) in [7, 11) is 2.12. The van der Waals surface area contributed by atoms with Crippen molar-refractivity contribution in [2.45, 2.75) is 38.4 Å². The van der Waals surface area contributed by atoms with E-state index in [0.29, 0.717) is 0 Å². The molecule has 3 rings (SSSR count). The van der Waals surface area contributed by atoms with Crippen LogP contribution in [-0.4, -0.2) is 29.5 Å². The summed E-state index contributed by atoms with van der Waals surface area (Å²) < 4.78 is 5.64. The summed E-state index contributed by atoms with van der Waals surface area (Å²) in [6.45, 7) is 2.75. The number of aromatic nitrogens is 1. The molecule has 2 aromatic rings. The topological polar surface area (TPSA) is 41.3 Å². The fourth-order valence-electron chi connectivity index (χ4n) is 2.35. The molecule has 0 spiro atoms. The number of nitrogens with zero attached hydrogens (tertiary/aromatic N) is 2. The van der Waals surface area contributed by atoms with Gasteiger partial charge < -0.3 is 9.73 Å². The number of pyridine rings is 1. The Morgan fingerprint density at radius 3 is 3.05 bits per heavy atom. The number of furan rings is 1. The van der Waals surface area contributed by atoms with Crippen LogP contribution in [0.4, 0.5) is 0 Å². The second-order valence-corrected chi connectivity index (χ2v) is 5.89. The highest BCUT2D eigenvalue weighted by molar-refractivity contribution is 5.13. The molecule has 0 atom stereocenters. The van der Waals surface area contributed by atoms with Crippen molar-refractivity contribution in [2.24, 2.45) is 0 Å². The number of rotatable bonds is 8. The van der Waals surface area contributed by atoms with E-state index in [4.69, 9.17) is 4.42 Å². The summed E-state index contributed by atoms with van der Waals surface area (Å²) in [4.78, 5) is 6.62. The van der Waals surface area contributed by atoms with E-state index in [9.17, 15) is 0 Å². The third-order valence-electron chi connectivity index (χ3n) is 3.78. The molecule has 0 aliphatic heterocycles. The van der Waals surface area contributed by atoms with Crippen LogP contribution >= 0.6 is 0 Å². The minimum Gasteiger partial charge on any atom is -0.468 e. The van der Waals surface area contributed by atoms with Crippen LogP contribution in [0.5, 0.6) is 0 Å². The largest absolute Gasteiger partial charge is 0.468 e. The van der Waals surface area contributed by atoms with Crippen LogP contribution in [0, 0.1) is 0 Å². The van der Waals surface area contributed by atoms with Gasteiger partial charge in [0.15, 0.2) is 0 Å². The summed E-state index contributed by atoms with van der Waals surface area (Å²) >= 11 is 0. The molecule has 2 aromatic heterocycles. The van der Waals surface area contributed by atoms with Gasteiger partial charge in [-0.05, 0) is 38.1 Å². The number of nitrogens with one attached hydrogen (secondary N) is 1. The minimum atomic E-state index is 0.740. The highest BCUT2D eigenvalue weighted by Gasteiger charge is 2.20. The van der Waals surface area contributed by atoms with Gasteiger partial charge in [-0.15, -0.1) is 0 Å². The first-order valence-electron chi connectivity index (χ1n) is 7.68. The summed E-state index contributed by atoms with van der Waals surface area (Å²) in [5.41, 5.74) is 2.38. The van der Waals surface area contributed by atoms with Crippen LogP contribution in [0.1, 0.15) is 29.9 Å². The zero-order valence-electron chi connectivity index (χ0n) is 12.6. The van der Waals surface area contributed by atoms with Gasteiger partial charge in [0.05, 0.1) is 12.8 Å². The van der Waals surface area contributed by atoms with Crippen LogP contribution in [0.2, 0.25) is 0 Å². The predicted octanol–water partition coefficient (Wildman–Crippen LogP) is 2.60. The van der Waals surface area contributed by atoms with Gasteiger partial charge in [0, 0.05) is 43.0 Å². The van der Waals surface area contributed by atoms with Crippen molar-refractivity contribution in [2.75, 3.05) is 13.6 Å². The Balaban J connectivity index is 1.42. The number of hydrogen-bond donors (Lipinski definition) is 1. The SMILES string of the molecule is CN(CCc1ccccn1)Cc1cc(CNC2CC2)co1. The molecule has 0 radical (unpaired) electrons. The molecule has 0 saturated heterocycles. The molecule has 0 unspecified atom stereocenters. The van der Waals surface area contributed by atoms with Gasteiger partial charge in [0.1, 0.15) is 5.76 Å². The molecule has 21 heavy (non-hydrogen) atoms. The number of likely N-dealkylation sites (N-methyl/N-ethyl adjacent to an activating group) is 1. The van der Waals surface area contributed by atoms with Gasteiger partial charge >= 0.3 is 0 Å². The molecule has 2 heterocycles. The molecule has 4 nitrogen and oxygen atoms in total. The molecule has 1 saturated carbocycles. The predicted molar refractivity (Wildman–Crippen MR) is 82.8 cm³/mol. The second kappa shape index (κ2) is 6.87. The summed E-state index contributed by atoms with van der Waals surface area (Å²) in [6, 6.07) is 8.96. The smallest absolute Gasteiger partial charge is 0.118 e. The summed E-state index contributed by atoms with van der Waals surface area (Å²) in [5, 5.41) is 3.50. The maximum absolute atomic E-state index is 5.64. The minimum absolute atomic E-state index is 0.740. The molecule has 1 aliphatic rings. The first-order valence-corrected chi connectivity index (χ1v) is 7.68. The Morgan fingerprint density at radius 1 is 1.38 bits per heavy atom.